The molecular formula is C17H19ClN2O3S. The van der Waals surface area contributed by atoms with Gasteiger partial charge < -0.3 is 10.0 Å². The predicted octanol–water partition coefficient (Wildman–Crippen LogP) is 2.34. The van der Waals surface area contributed by atoms with E-state index in [1.807, 2.05) is 25.2 Å². The van der Waals surface area contributed by atoms with Gasteiger partial charge in [-0.1, -0.05) is 23.7 Å². The van der Waals surface area contributed by atoms with Crippen molar-refractivity contribution in [3.8, 4) is 0 Å². The van der Waals surface area contributed by atoms with Gasteiger partial charge in [-0.3, -0.25) is 0 Å². The summed E-state index contributed by atoms with van der Waals surface area (Å²) >= 11 is 5.77. The Morgan fingerprint density at radius 3 is 2.67 bits per heavy atom. The first-order valence-electron chi connectivity index (χ1n) is 7.64. The Morgan fingerprint density at radius 2 is 1.96 bits per heavy atom. The molecule has 0 fully saturated rings. The minimum absolute atomic E-state index is 0.0837. The van der Waals surface area contributed by atoms with E-state index in [2.05, 4.69) is 9.62 Å². The number of sulfonamides is 1. The number of likely N-dealkylation sites (N-methyl/N-ethyl adjacent to an activating group) is 1. The van der Waals surface area contributed by atoms with Crippen LogP contribution in [0.5, 0.6) is 0 Å². The van der Waals surface area contributed by atoms with Crippen LogP contribution in [0.3, 0.4) is 0 Å². The highest BCUT2D eigenvalue weighted by Gasteiger charge is 2.20. The van der Waals surface area contributed by atoms with Crippen molar-refractivity contribution in [2.75, 3.05) is 25.0 Å². The lowest BCUT2D eigenvalue weighted by Crippen LogP contribution is -2.28. The number of halogens is 1. The number of benzene rings is 2. The second-order valence-corrected chi connectivity index (χ2v) is 8.08. The summed E-state index contributed by atoms with van der Waals surface area (Å²) in [6, 6.07) is 11.6. The summed E-state index contributed by atoms with van der Waals surface area (Å²) in [5, 5.41) is 10.8. The molecule has 24 heavy (non-hydrogen) atoms. The summed E-state index contributed by atoms with van der Waals surface area (Å²) in [5.74, 6) is 0. The van der Waals surface area contributed by atoms with Crippen LogP contribution in [0.15, 0.2) is 47.4 Å². The van der Waals surface area contributed by atoms with Gasteiger partial charge in [0.25, 0.3) is 0 Å². The van der Waals surface area contributed by atoms with Crippen LogP contribution in [0, 0.1) is 0 Å². The number of nitrogens with zero attached hydrogens (tertiary/aromatic N) is 1. The van der Waals surface area contributed by atoms with Crippen LogP contribution in [0.1, 0.15) is 17.2 Å². The van der Waals surface area contributed by atoms with E-state index in [4.69, 9.17) is 11.6 Å². The van der Waals surface area contributed by atoms with Gasteiger partial charge in [0.05, 0.1) is 11.0 Å². The number of aliphatic hydroxyl groups is 1. The Kier molecular flexibility index (Phi) is 4.83. The Hall–Kier alpha value is -1.60. The van der Waals surface area contributed by atoms with E-state index in [1.54, 1.807) is 0 Å². The van der Waals surface area contributed by atoms with E-state index < -0.39 is 16.1 Å². The number of aliphatic hydroxyl groups excluding tert-OH is 1. The maximum absolute atomic E-state index is 12.2. The molecule has 128 valence electrons. The van der Waals surface area contributed by atoms with Gasteiger partial charge >= 0.3 is 0 Å². The lowest BCUT2D eigenvalue weighted by Gasteiger charge is -2.15. The third-order valence-corrected chi connectivity index (χ3v) is 5.90. The van der Waals surface area contributed by atoms with Crippen molar-refractivity contribution in [1.82, 2.24) is 4.72 Å². The van der Waals surface area contributed by atoms with Crippen LogP contribution in [0.2, 0.25) is 5.02 Å². The molecule has 1 aliphatic rings. The molecule has 0 aliphatic carbocycles. The molecule has 1 heterocycles. The molecule has 0 aromatic heterocycles. The number of nitrogens with one attached hydrogen (secondary N) is 1. The van der Waals surface area contributed by atoms with Crippen LogP contribution in [-0.4, -0.2) is 33.7 Å². The third kappa shape index (κ3) is 3.57. The largest absolute Gasteiger partial charge is 0.387 e. The fraction of sp³-hybridized carbons (Fsp3) is 0.294. The topological polar surface area (TPSA) is 69.6 Å². The molecule has 7 heteroatoms. The maximum Gasteiger partial charge on any atom is 0.240 e. The second kappa shape index (κ2) is 6.72. The zero-order chi connectivity index (χ0) is 17.3. The average Bonchev–Trinajstić information content (AvgIpc) is 2.94. The van der Waals surface area contributed by atoms with Gasteiger partial charge in [-0.15, -0.1) is 0 Å². The molecule has 0 spiro atoms. The minimum atomic E-state index is -3.68. The van der Waals surface area contributed by atoms with Crippen molar-refractivity contribution < 1.29 is 13.5 Å². The minimum Gasteiger partial charge on any atom is -0.387 e. The third-order valence-electron chi connectivity index (χ3n) is 4.21. The summed E-state index contributed by atoms with van der Waals surface area (Å²) in [6.07, 6.45) is 0.0337. The molecule has 5 nitrogen and oxygen atoms in total. The SMILES string of the molecule is CN1CCc2cc(C(O)CNS(=O)(=O)c3ccc(Cl)cc3)ccc21. The molecule has 0 bridgehead atoms. The Morgan fingerprint density at radius 1 is 1.25 bits per heavy atom. The first-order chi connectivity index (χ1) is 11.4. The van der Waals surface area contributed by atoms with E-state index in [1.165, 1.54) is 29.8 Å². The first kappa shape index (κ1) is 17.2. The molecule has 3 rings (SSSR count). The molecule has 0 radical (unpaired) electrons. The molecular weight excluding hydrogens is 348 g/mol. The highest BCUT2D eigenvalue weighted by Crippen LogP contribution is 2.29. The number of fused-ring (bicyclic) bond motifs is 1. The molecule has 2 aromatic carbocycles. The highest BCUT2D eigenvalue weighted by molar-refractivity contribution is 7.89. The van der Waals surface area contributed by atoms with Crippen molar-refractivity contribution >= 4 is 27.3 Å². The zero-order valence-electron chi connectivity index (χ0n) is 13.2. The van der Waals surface area contributed by atoms with Gasteiger partial charge in [-0.2, -0.15) is 0 Å². The summed E-state index contributed by atoms with van der Waals surface area (Å²) in [5.41, 5.74) is 3.05. The molecule has 0 saturated heterocycles. The zero-order valence-corrected chi connectivity index (χ0v) is 14.8. The maximum atomic E-state index is 12.2. The van der Waals surface area contributed by atoms with E-state index in [0.29, 0.717) is 10.6 Å². The van der Waals surface area contributed by atoms with Gasteiger partial charge in [-0.25, -0.2) is 13.1 Å². The van der Waals surface area contributed by atoms with Crippen LogP contribution in [0.4, 0.5) is 5.69 Å². The van der Waals surface area contributed by atoms with Gasteiger partial charge in [0.15, 0.2) is 0 Å². The quantitative estimate of drug-likeness (QED) is 0.852. The number of hydrogen-bond acceptors (Lipinski definition) is 4. The van der Waals surface area contributed by atoms with Crippen molar-refractivity contribution in [3.05, 3.63) is 58.6 Å². The molecule has 1 unspecified atom stereocenters. The van der Waals surface area contributed by atoms with Gasteiger partial charge in [-0.05, 0) is 47.9 Å². The Balaban J connectivity index is 1.69. The summed E-state index contributed by atoms with van der Waals surface area (Å²) in [7, 11) is -1.65. The Labute approximate surface area is 146 Å². The highest BCUT2D eigenvalue weighted by atomic mass is 35.5. The summed E-state index contributed by atoms with van der Waals surface area (Å²) in [4.78, 5) is 2.28. The van der Waals surface area contributed by atoms with Crippen LogP contribution >= 0.6 is 11.6 Å². The summed E-state index contributed by atoms with van der Waals surface area (Å²) in [6.45, 7) is 0.873. The van der Waals surface area contributed by atoms with Crippen LogP contribution in [0.25, 0.3) is 0 Å². The van der Waals surface area contributed by atoms with Crippen molar-refractivity contribution in [2.45, 2.75) is 17.4 Å². The smallest absolute Gasteiger partial charge is 0.240 e. The fourth-order valence-electron chi connectivity index (χ4n) is 2.80. The lowest BCUT2D eigenvalue weighted by molar-refractivity contribution is 0.182. The van der Waals surface area contributed by atoms with Gasteiger partial charge in [0.1, 0.15) is 0 Å². The van der Waals surface area contributed by atoms with Gasteiger partial charge in [0, 0.05) is 30.8 Å². The van der Waals surface area contributed by atoms with E-state index >= 15 is 0 Å². The van der Waals surface area contributed by atoms with E-state index in [-0.39, 0.29) is 11.4 Å². The number of rotatable bonds is 5. The molecule has 1 atom stereocenters. The Bertz CT molecular complexity index is 837. The van der Waals surface area contributed by atoms with Crippen molar-refractivity contribution in [3.63, 3.8) is 0 Å². The van der Waals surface area contributed by atoms with Gasteiger partial charge in [0.2, 0.25) is 10.0 Å². The second-order valence-electron chi connectivity index (χ2n) is 5.88. The standard InChI is InChI=1S/C17H19ClN2O3S/c1-20-9-8-12-10-13(2-7-16(12)20)17(21)11-19-24(22,23)15-5-3-14(18)4-6-15/h2-7,10,17,19,21H,8-9,11H2,1H3. The lowest BCUT2D eigenvalue weighted by atomic mass is 10.0. The van der Waals surface area contributed by atoms with Crippen LogP contribution in [-0.2, 0) is 16.4 Å². The number of anilines is 1. The summed E-state index contributed by atoms with van der Waals surface area (Å²) < 4.78 is 26.9. The molecule has 0 amide bonds. The van der Waals surface area contributed by atoms with Crippen LogP contribution < -0.4 is 9.62 Å². The van der Waals surface area contributed by atoms with E-state index in [9.17, 15) is 13.5 Å². The number of hydrogen-bond donors (Lipinski definition) is 2. The molecule has 0 saturated carbocycles. The van der Waals surface area contributed by atoms with E-state index in [0.717, 1.165) is 18.7 Å². The predicted molar refractivity (Wildman–Crippen MR) is 95.0 cm³/mol. The fourth-order valence-corrected chi connectivity index (χ4v) is 3.96. The molecule has 2 aromatic rings. The average molecular weight is 367 g/mol. The molecule has 1 aliphatic heterocycles. The monoisotopic (exact) mass is 366 g/mol. The first-order valence-corrected chi connectivity index (χ1v) is 9.50. The molecule has 2 N–H and O–H groups in total. The van der Waals surface area contributed by atoms with Crippen molar-refractivity contribution in [1.29, 1.82) is 0 Å². The van der Waals surface area contributed by atoms with Crippen molar-refractivity contribution in [2.24, 2.45) is 0 Å². The normalized spacial score (nSPS) is 15.4.